The van der Waals surface area contributed by atoms with Crippen molar-refractivity contribution in [3.8, 4) is 0 Å². The predicted octanol–water partition coefficient (Wildman–Crippen LogP) is -1.08. The molecule has 0 unspecified atom stereocenters. The van der Waals surface area contributed by atoms with Crippen LogP contribution in [-0.4, -0.2) is 88.0 Å². The first-order valence-corrected chi connectivity index (χ1v) is 6.21. The van der Waals surface area contributed by atoms with E-state index in [1.165, 1.54) is 12.2 Å². The standard InChI is InChI=1S/2C3H6O4S.Ba/c2*1-2-3-7-8(4,5)6;/h2*2H,1,3H2,(H,4,5,6);/q;;+2/p-2. The zero-order chi connectivity index (χ0) is 13.2. The van der Waals surface area contributed by atoms with Gasteiger partial charge in [0.05, 0.1) is 13.2 Å². The first-order valence-electron chi connectivity index (χ1n) is 3.54. The molecule has 0 atom stereocenters. The van der Waals surface area contributed by atoms with Crippen molar-refractivity contribution in [2.24, 2.45) is 0 Å². The van der Waals surface area contributed by atoms with Crippen molar-refractivity contribution < 1.29 is 34.3 Å². The van der Waals surface area contributed by atoms with Gasteiger partial charge in [0.15, 0.2) is 0 Å². The molecule has 0 rings (SSSR count). The Morgan fingerprint density at radius 1 is 0.882 bits per heavy atom. The van der Waals surface area contributed by atoms with Gasteiger partial charge in [-0.3, -0.25) is 8.37 Å². The van der Waals surface area contributed by atoms with E-state index >= 15 is 0 Å². The zero-order valence-corrected chi connectivity index (χ0v) is 14.8. The van der Waals surface area contributed by atoms with Gasteiger partial charge >= 0.3 is 48.9 Å². The third kappa shape index (κ3) is 31.5. The Morgan fingerprint density at radius 2 is 1.12 bits per heavy atom. The SMILES string of the molecule is C=CCOS(=O)(=O)[O-].C=CCOS(=O)(=O)[O-].[Ba+2]. The topological polar surface area (TPSA) is 133 Å². The van der Waals surface area contributed by atoms with Crippen LogP contribution in [0.1, 0.15) is 0 Å². The first-order chi connectivity index (χ1) is 7.12. The first kappa shape index (κ1) is 22.9. The van der Waals surface area contributed by atoms with Crippen LogP contribution in [0.15, 0.2) is 25.3 Å². The van der Waals surface area contributed by atoms with Gasteiger partial charge in [0, 0.05) is 0 Å². The summed E-state index contributed by atoms with van der Waals surface area (Å²) in [5.74, 6) is 0. The molecular weight excluding hydrogens is 402 g/mol. The molecule has 0 amide bonds. The van der Waals surface area contributed by atoms with Gasteiger partial charge in [-0.25, -0.2) is 16.8 Å². The van der Waals surface area contributed by atoms with Gasteiger partial charge in [0.2, 0.25) is 20.8 Å². The van der Waals surface area contributed by atoms with E-state index in [4.69, 9.17) is 0 Å². The molecule has 0 aliphatic rings. The van der Waals surface area contributed by atoms with Crippen LogP contribution in [0.4, 0.5) is 0 Å². The van der Waals surface area contributed by atoms with Gasteiger partial charge in [-0.1, -0.05) is 12.2 Å². The molecule has 0 aliphatic heterocycles. The van der Waals surface area contributed by atoms with Crippen molar-refractivity contribution in [2.45, 2.75) is 0 Å². The molecule has 11 heteroatoms. The number of rotatable bonds is 6. The Hall–Kier alpha value is 0.791. The minimum Gasteiger partial charge on any atom is -0.726 e. The summed E-state index contributed by atoms with van der Waals surface area (Å²) in [4.78, 5) is 0. The molecule has 0 bridgehead atoms. The van der Waals surface area contributed by atoms with E-state index in [1.54, 1.807) is 0 Å². The Bertz CT molecular complexity index is 358. The second kappa shape index (κ2) is 11.9. The van der Waals surface area contributed by atoms with E-state index < -0.39 is 20.8 Å². The van der Waals surface area contributed by atoms with Crippen molar-refractivity contribution in [1.29, 1.82) is 0 Å². The summed E-state index contributed by atoms with van der Waals surface area (Å²) < 4.78 is 64.7. The van der Waals surface area contributed by atoms with Crippen LogP contribution >= 0.6 is 0 Å². The summed E-state index contributed by atoms with van der Waals surface area (Å²) in [7, 11) is -9.02. The summed E-state index contributed by atoms with van der Waals surface area (Å²) >= 11 is 0. The Labute approximate surface area is 141 Å². The third-order valence-corrected chi connectivity index (χ3v) is 1.51. The maximum atomic E-state index is 9.56. The molecule has 0 aliphatic carbocycles. The average molecular weight is 412 g/mol. The molecule has 0 spiro atoms. The Kier molecular flexibility index (Phi) is 16.0. The van der Waals surface area contributed by atoms with Crippen LogP contribution in [0.5, 0.6) is 0 Å². The fourth-order valence-corrected chi connectivity index (χ4v) is 0.789. The Morgan fingerprint density at radius 3 is 1.18 bits per heavy atom. The molecule has 0 heterocycles. The third-order valence-electron chi connectivity index (χ3n) is 0.660. The van der Waals surface area contributed by atoms with Crippen molar-refractivity contribution in [3.05, 3.63) is 25.3 Å². The fraction of sp³-hybridized carbons (Fsp3) is 0.333. The normalized spacial score (nSPS) is 10.5. The number of hydrogen-bond acceptors (Lipinski definition) is 8. The molecule has 0 aromatic carbocycles. The summed E-state index contributed by atoms with van der Waals surface area (Å²) in [6, 6.07) is 0. The molecule has 0 aromatic rings. The summed E-state index contributed by atoms with van der Waals surface area (Å²) in [5.41, 5.74) is 0. The van der Waals surface area contributed by atoms with Gasteiger partial charge in [0.1, 0.15) is 0 Å². The van der Waals surface area contributed by atoms with Crippen LogP contribution < -0.4 is 0 Å². The van der Waals surface area contributed by atoms with Gasteiger partial charge in [0.25, 0.3) is 0 Å². The molecule has 0 N–H and O–H groups in total. The van der Waals surface area contributed by atoms with Crippen LogP contribution in [0.2, 0.25) is 0 Å². The van der Waals surface area contributed by atoms with E-state index in [2.05, 4.69) is 21.5 Å². The molecule has 0 fully saturated rings. The van der Waals surface area contributed by atoms with E-state index in [9.17, 15) is 25.9 Å². The van der Waals surface area contributed by atoms with Gasteiger partial charge in [-0.2, -0.15) is 0 Å². The largest absolute Gasteiger partial charge is 2.00 e. The number of hydrogen-bond donors (Lipinski definition) is 0. The minimum atomic E-state index is -4.51. The molecule has 0 aromatic heterocycles. The summed E-state index contributed by atoms with van der Waals surface area (Å²) in [6.45, 7) is 5.75. The smallest absolute Gasteiger partial charge is 0.726 e. The molecule has 8 nitrogen and oxygen atoms in total. The van der Waals surface area contributed by atoms with Crippen LogP contribution in [0, 0.1) is 0 Å². The molecule has 17 heavy (non-hydrogen) atoms. The average Bonchev–Trinajstić information content (AvgIpc) is 2.10. The quantitative estimate of drug-likeness (QED) is 0.233. The van der Waals surface area contributed by atoms with Crippen LogP contribution in [0.25, 0.3) is 0 Å². The minimum absolute atomic E-state index is 0. The monoisotopic (exact) mass is 412 g/mol. The predicted molar refractivity (Wildman–Crippen MR) is 57.4 cm³/mol. The van der Waals surface area contributed by atoms with Crippen molar-refractivity contribution in [1.82, 2.24) is 0 Å². The molecule has 0 radical (unpaired) electrons. The van der Waals surface area contributed by atoms with Gasteiger partial charge in [-0.15, -0.1) is 13.2 Å². The van der Waals surface area contributed by atoms with Crippen LogP contribution in [0.3, 0.4) is 0 Å². The van der Waals surface area contributed by atoms with Crippen molar-refractivity contribution >= 4 is 69.7 Å². The van der Waals surface area contributed by atoms with Crippen molar-refractivity contribution in [3.63, 3.8) is 0 Å². The van der Waals surface area contributed by atoms with E-state index in [1.807, 2.05) is 0 Å². The van der Waals surface area contributed by atoms with Crippen molar-refractivity contribution in [2.75, 3.05) is 13.2 Å². The molecule has 96 valence electrons. The van der Waals surface area contributed by atoms with E-state index in [0.29, 0.717) is 0 Å². The van der Waals surface area contributed by atoms with Crippen LogP contribution in [-0.2, 0) is 29.2 Å². The molecule has 0 saturated heterocycles. The van der Waals surface area contributed by atoms with Gasteiger partial charge in [-0.05, 0) is 0 Å². The second-order valence-electron chi connectivity index (χ2n) is 1.96. The van der Waals surface area contributed by atoms with E-state index in [0.717, 1.165) is 0 Å². The molecule has 0 saturated carbocycles. The summed E-state index contributed by atoms with van der Waals surface area (Å²) in [6.07, 6.45) is 2.35. The maximum Gasteiger partial charge on any atom is 2.00 e. The maximum absolute atomic E-state index is 9.56. The second-order valence-corrected chi connectivity index (χ2v) is 4.07. The zero-order valence-electron chi connectivity index (χ0n) is 8.77. The molecular formula is C6H10BaO8S2. The Balaban J connectivity index is -0.000000218. The van der Waals surface area contributed by atoms with E-state index in [-0.39, 0.29) is 62.1 Å². The van der Waals surface area contributed by atoms with Gasteiger partial charge < -0.3 is 9.11 Å². The summed E-state index contributed by atoms with van der Waals surface area (Å²) in [5, 5.41) is 0. The fourth-order valence-electron chi connectivity index (χ4n) is 0.263.